The van der Waals surface area contributed by atoms with E-state index in [1.54, 1.807) is 0 Å². The van der Waals surface area contributed by atoms with E-state index in [2.05, 4.69) is 5.10 Å². The molecular weight excluding hydrogens is 256 g/mol. The number of aliphatic carboxylic acids is 1. The Morgan fingerprint density at radius 1 is 1.56 bits per heavy atom. The molecule has 2 aliphatic carbocycles. The number of carboxylic acids is 1. The molecule has 1 unspecified atom stereocenters. The molecule has 1 heterocycles. The molecule has 2 atom stereocenters. The molecule has 0 bridgehead atoms. The van der Waals surface area contributed by atoms with E-state index in [9.17, 15) is 22.4 Å². The van der Waals surface area contributed by atoms with E-state index < -0.39 is 48.1 Å². The van der Waals surface area contributed by atoms with Gasteiger partial charge in [0, 0.05) is 11.5 Å². The van der Waals surface area contributed by atoms with Gasteiger partial charge in [0.05, 0.1) is 0 Å². The summed E-state index contributed by atoms with van der Waals surface area (Å²) in [5.41, 5.74) is -1.47. The number of carboxylic acid groups (broad SMARTS) is 1. The zero-order chi connectivity index (χ0) is 13.2. The van der Waals surface area contributed by atoms with Crippen molar-refractivity contribution in [3.8, 4) is 0 Å². The number of halogens is 4. The van der Waals surface area contributed by atoms with Gasteiger partial charge in [0.2, 0.25) is 0 Å². The third-order valence-corrected chi connectivity index (χ3v) is 3.45. The molecule has 0 radical (unpaired) electrons. The maximum absolute atomic E-state index is 13.9. The molecule has 98 valence electrons. The minimum atomic E-state index is -3.25. The highest BCUT2D eigenvalue weighted by molar-refractivity contribution is 5.67. The summed E-state index contributed by atoms with van der Waals surface area (Å²) >= 11 is 0. The van der Waals surface area contributed by atoms with Crippen molar-refractivity contribution < 1.29 is 27.5 Å². The van der Waals surface area contributed by atoms with Crippen LogP contribution in [0.1, 0.15) is 35.7 Å². The normalized spacial score (nSPS) is 27.2. The average molecular weight is 264 g/mol. The first-order valence-corrected chi connectivity index (χ1v) is 5.32. The monoisotopic (exact) mass is 264 g/mol. The molecule has 3 rings (SSSR count). The van der Waals surface area contributed by atoms with E-state index in [0.717, 1.165) is 0 Å². The first kappa shape index (κ1) is 11.5. The van der Waals surface area contributed by atoms with E-state index >= 15 is 0 Å². The Balaban J connectivity index is 2.16. The molecule has 0 spiro atoms. The van der Waals surface area contributed by atoms with Crippen molar-refractivity contribution in [1.82, 2.24) is 9.78 Å². The van der Waals surface area contributed by atoms with Crippen molar-refractivity contribution in [1.29, 1.82) is 0 Å². The first-order valence-electron chi connectivity index (χ1n) is 5.32. The molecule has 4 nitrogen and oxygen atoms in total. The van der Waals surface area contributed by atoms with Crippen molar-refractivity contribution in [2.24, 2.45) is 5.92 Å². The largest absolute Gasteiger partial charge is 0.480 e. The van der Waals surface area contributed by atoms with Gasteiger partial charge >= 0.3 is 5.97 Å². The summed E-state index contributed by atoms with van der Waals surface area (Å²) in [6.45, 7) is -0.829. The molecule has 0 aliphatic heterocycles. The number of nitrogens with zero attached hydrogens (tertiary/aromatic N) is 2. The minimum absolute atomic E-state index is 0.138. The summed E-state index contributed by atoms with van der Waals surface area (Å²) in [7, 11) is 0. The number of rotatable bonds is 3. The number of fused-ring (bicyclic) bond motifs is 3. The third-order valence-electron chi connectivity index (χ3n) is 3.45. The highest BCUT2D eigenvalue weighted by atomic mass is 19.3. The topological polar surface area (TPSA) is 55.1 Å². The molecule has 1 saturated carbocycles. The first-order chi connectivity index (χ1) is 8.34. The zero-order valence-corrected chi connectivity index (χ0v) is 8.91. The van der Waals surface area contributed by atoms with Crippen molar-refractivity contribution in [3.05, 3.63) is 17.0 Å². The molecular formula is C10H8F4N2O2. The van der Waals surface area contributed by atoms with Crippen LogP contribution in [-0.2, 0) is 17.3 Å². The van der Waals surface area contributed by atoms with Gasteiger partial charge in [-0.2, -0.15) is 13.9 Å². The fourth-order valence-corrected chi connectivity index (χ4v) is 2.71. The van der Waals surface area contributed by atoms with Gasteiger partial charge in [0.25, 0.3) is 12.3 Å². The molecule has 1 fully saturated rings. The van der Waals surface area contributed by atoms with Crippen LogP contribution in [-0.4, -0.2) is 20.9 Å². The van der Waals surface area contributed by atoms with Crippen LogP contribution in [0.2, 0.25) is 0 Å². The molecule has 1 aromatic rings. The predicted octanol–water partition coefficient (Wildman–Crippen LogP) is 2.11. The Morgan fingerprint density at radius 3 is 2.78 bits per heavy atom. The number of aromatic nitrogens is 2. The SMILES string of the molecule is O=C(O)Cn1nc(C(F)F)c2c1C(F)(F)[C@@H]1CC21. The summed E-state index contributed by atoms with van der Waals surface area (Å²) in [5.74, 6) is -6.21. The Kier molecular flexibility index (Phi) is 2.07. The summed E-state index contributed by atoms with van der Waals surface area (Å²) < 4.78 is 53.7. The number of carbonyl (C=O) groups is 1. The lowest BCUT2D eigenvalue weighted by Gasteiger charge is -2.14. The smallest absolute Gasteiger partial charge is 0.325 e. The van der Waals surface area contributed by atoms with Gasteiger partial charge in [-0.15, -0.1) is 0 Å². The summed E-state index contributed by atoms with van der Waals surface area (Å²) in [6, 6.07) is 0. The molecule has 0 amide bonds. The lowest BCUT2D eigenvalue weighted by Crippen LogP contribution is -2.22. The Bertz CT molecular complexity index is 540. The van der Waals surface area contributed by atoms with Gasteiger partial charge in [-0.1, -0.05) is 0 Å². The van der Waals surface area contributed by atoms with E-state index in [-0.39, 0.29) is 12.0 Å². The lowest BCUT2D eigenvalue weighted by molar-refractivity contribution is -0.138. The van der Waals surface area contributed by atoms with Crippen LogP contribution in [0.5, 0.6) is 0 Å². The van der Waals surface area contributed by atoms with E-state index in [4.69, 9.17) is 5.11 Å². The van der Waals surface area contributed by atoms with Gasteiger partial charge in [-0.3, -0.25) is 9.48 Å². The molecule has 0 aromatic carbocycles. The Labute approximate surface area is 98.2 Å². The second kappa shape index (κ2) is 3.24. The highest BCUT2D eigenvalue weighted by Gasteiger charge is 2.67. The lowest BCUT2D eigenvalue weighted by atomic mass is 10.1. The van der Waals surface area contributed by atoms with E-state index in [0.29, 0.717) is 4.68 Å². The quantitative estimate of drug-likeness (QED) is 0.851. The highest BCUT2D eigenvalue weighted by Crippen LogP contribution is 2.68. The van der Waals surface area contributed by atoms with Crippen LogP contribution in [0.25, 0.3) is 0 Å². The summed E-state index contributed by atoms with van der Waals surface area (Å²) in [4.78, 5) is 10.6. The maximum atomic E-state index is 13.9. The maximum Gasteiger partial charge on any atom is 0.325 e. The molecule has 1 N–H and O–H groups in total. The van der Waals surface area contributed by atoms with Crippen molar-refractivity contribution >= 4 is 5.97 Å². The molecule has 8 heteroatoms. The van der Waals surface area contributed by atoms with Gasteiger partial charge in [0.1, 0.15) is 17.9 Å². The van der Waals surface area contributed by atoms with Crippen molar-refractivity contribution in [3.63, 3.8) is 0 Å². The summed E-state index contributed by atoms with van der Waals surface area (Å²) in [6.07, 6.45) is -2.80. The van der Waals surface area contributed by atoms with Gasteiger partial charge in [0.15, 0.2) is 0 Å². The molecule has 1 aromatic heterocycles. The van der Waals surface area contributed by atoms with Crippen LogP contribution in [0, 0.1) is 5.92 Å². The molecule has 18 heavy (non-hydrogen) atoms. The molecule has 0 saturated heterocycles. The van der Waals surface area contributed by atoms with Gasteiger partial charge in [-0.25, -0.2) is 8.78 Å². The van der Waals surface area contributed by atoms with Crippen LogP contribution in [0.15, 0.2) is 0 Å². The predicted molar refractivity (Wildman–Crippen MR) is 49.6 cm³/mol. The number of hydrogen-bond donors (Lipinski definition) is 1. The van der Waals surface area contributed by atoms with Crippen molar-refractivity contribution in [2.45, 2.75) is 31.2 Å². The fraction of sp³-hybridized carbons (Fsp3) is 0.600. The Morgan fingerprint density at radius 2 is 2.22 bits per heavy atom. The Hall–Kier alpha value is -1.60. The summed E-state index contributed by atoms with van der Waals surface area (Å²) in [5, 5.41) is 12.0. The van der Waals surface area contributed by atoms with Crippen molar-refractivity contribution in [2.75, 3.05) is 0 Å². The van der Waals surface area contributed by atoms with Gasteiger partial charge in [-0.05, 0) is 12.3 Å². The fourth-order valence-electron chi connectivity index (χ4n) is 2.71. The third kappa shape index (κ3) is 1.31. The van der Waals surface area contributed by atoms with Crippen LogP contribution < -0.4 is 0 Å². The zero-order valence-electron chi connectivity index (χ0n) is 8.91. The standard InChI is InChI=1S/C10H8F4N2O2/c11-9(12)7-6-3-1-4(3)10(13,14)8(6)16(15-7)2-5(17)18/h3-4,9H,1-2H2,(H,17,18)/t3?,4-/m1/s1. The number of alkyl halides is 4. The second-order valence-corrected chi connectivity index (χ2v) is 4.57. The number of hydrogen-bond acceptors (Lipinski definition) is 2. The van der Waals surface area contributed by atoms with Crippen LogP contribution in [0.3, 0.4) is 0 Å². The minimum Gasteiger partial charge on any atom is -0.480 e. The van der Waals surface area contributed by atoms with Crippen LogP contribution in [0.4, 0.5) is 17.6 Å². The van der Waals surface area contributed by atoms with Gasteiger partial charge < -0.3 is 5.11 Å². The van der Waals surface area contributed by atoms with E-state index in [1.165, 1.54) is 0 Å². The second-order valence-electron chi connectivity index (χ2n) is 4.57. The van der Waals surface area contributed by atoms with Crippen LogP contribution >= 0.6 is 0 Å². The average Bonchev–Trinajstić information content (AvgIpc) is 2.88. The molecule has 2 aliphatic rings. The van der Waals surface area contributed by atoms with E-state index in [1.807, 2.05) is 0 Å².